The molecular weight excluding hydrogens is 372 g/mol. The lowest BCUT2D eigenvalue weighted by Gasteiger charge is -2.31. The molecule has 0 radical (unpaired) electrons. The van der Waals surface area contributed by atoms with Crippen LogP contribution < -0.4 is 10.6 Å². The highest BCUT2D eigenvalue weighted by Gasteiger charge is 2.28. The number of nitrogens with one attached hydrogen (secondary N) is 2. The van der Waals surface area contributed by atoms with Crippen LogP contribution in [0.3, 0.4) is 0 Å². The fraction of sp³-hybridized carbons (Fsp3) is 0.762. The number of hydrogen-bond acceptors (Lipinski definition) is 6. The second-order valence-corrected chi connectivity index (χ2v) is 9.03. The number of aromatic nitrogens is 1. The summed E-state index contributed by atoms with van der Waals surface area (Å²) in [5, 5.41) is 9.88. The third-order valence-corrected chi connectivity index (χ3v) is 5.37. The lowest BCUT2D eigenvalue weighted by molar-refractivity contribution is -0.126. The van der Waals surface area contributed by atoms with Crippen LogP contribution in [-0.4, -0.2) is 53.8 Å². The summed E-state index contributed by atoms with van der Waals surface area (Å²) < 4.78 is 10.7. The van der Waals surface area contributed by atoms with Gasteiger partial charge < -0.3 is 19.9 Å². The Morgan fingerprint density at radius 3 is 2.72 bits per heavy atom. The summed E-state index contributed by atoms with van der Waals surface area (Å²) in [5.74, 6) is 1.06. The number of fused-ring (bicyclic) bond motifs is 1. The van der Waals surface area contributed by atoms with Crippen LogP contribution in [0.2, 0.25) is 0 Å². The zero-order chi connectivity index (χ0) is 20.9. The molecular formula is C21H34N4O4. The molecule has 1 unspecified atom stereocenters. The smallest absolute Gasteiger partial charge is 0.407 e. The summed E-state index contributed by atoms with van der Waals surface area (Å²) >= 11 is 0. The fourth-order valence-corrected chi connectivity index (χ4v) is 4.01. The van der Waals surface area contributed by atoms with Crippen molar-refractivity contribution in [3.63, 3.8) is 0 Å². The van der Waals surface area contributed by atoms with Crippen LogP contribution in [0.5, 0.6) is 0 Å². The van der Waals surface area contributed by atoms with Crippen molar-refractivity contribution in [2.75, 3.05) is 26.2 Å². The van der Waals surface area contributed by atoms with Crippen molar-refractivity contribution in [2.45, 2.75) is 71.4 Å². The lowest BCUT2D eigenvalue weighted by Crippen LogP contribution is -2.44. The van der Waals surface area contributed by atoms with Crippen LogP contribution in [0.25, 0.3) is 0 Å². The van der Waals surface area contributed by atoms with E-state index in [0.717, 1.165) is 56.8 Å². The summed E-state index contributed by atoms with van der Waals surface area (Å²) in [6.07, 6.45) is 5.83. The molecule has 1 aromatic rings. The van der Waals surface area contributed by atoms with Crippen molar-refractivity contribution >= 4 is 12.0 Å². The molecule has 1 fully saturated rings. The Morgan fingerprint density at radius 2 is 1.93 bits per heavy atom. The largest absolute Gasteiger partial charge is 0.444 e. The second kappa shape index (κ2) is 9.61. The first kappa shape index (κ1) is 21.6. The Labute approximate surface area is 172 Å². The van der Waals surface area contributed by atoms with Crippen LogP contribution in [0, 0.1) is 5.92 Å². The van der Waals surface area contributed by atoms with Gasteiger partial charge in [0, 0.05) is 38.2 Å². The monoisotopic (exact) mass is 406 g/mol. The van der Waals surface area contributed by atoms with E-state index in [0.29, 0.717) is 13.1 Å². The van der Waals surface area contributed by atoms with Gasteiger partial charge in [-0.1, -0.05) is 5.16 Å². The van der Waals surface area contributed by atoms with E-state index in [9.17, 15) is 9.59 Å². The van der Waals surface area contributed by atoms with Crippen LogP contribution in [-0.2, 0) is 28.9 Å². The number of likely N-dealkylation sites (tertiary alicyclic amines) is 1. The highest BCUT2D eigenvalue weighted by molar-refractivity contribution is 5.79. The second-order valence-electron chi connectivity index (χ2n) is 9.03. The van der Waals surface area contributed by atoms with Crippen LogP contribution in [0.1, 0.15) is 63.5 Å². The molecule has 2 amide bonds. The molecule has 2 N–H and O–H groups in total. The van der Waals surface area contributed by atoms with Gasteiger partial charge in [0.05, 0.1) is 5.92 Å². The van der Waals surface area contributed by atoms with E-state index in [1.165, 1.54) is 18.4 Å². The molecule has 162 valence electrons. The summed E-state index contributed by atoms with van der Waals surface area (Å²) in [5.41, 5.74) is 1.81. The SMILES string of the molecule is CC(C)(C)OC(=O)NCCNC(=O)C1CCCN(Cc2noc3c2CCCC3)C1. The zero-order valence-corrected chi connectivity index (χ0v) is 17.9. The summed E-state index contributed by atoms with van der Waals surface area (Å²) in [6.45, 7) is 8.66. The number of rotatable bonds is 6. The number of carbonyl (C=O) groups is 2. The van der Waals surface area contributed by atoms with E-state index in [2.05, 4.69) is 20.7 Å². The minimum absolute atomic E-state index is 0.0343. The van der Waals surface area contributed by atoms with Gasteiger partial charge in [-0.2, -0.15) is 0 Å². The first-order valence-electron chi connectivity index (χ1n) is 10.7. The molecule has 2 heterocycles. The van der Waals surface area contributed by atoms with Gasteiger partial charge in [0.1, 0.15) is 17.1 Å². The molecule has 0 bridgehead atoms. The van der Waals surface area contributed by atoms with Crippen LogP contribution in [0.4, 0.5) is 4.79 Å². The first-order valence-corrected chi connectivity index (χ1v) is 10.7. The first-order chi connectivity index (χ1) is 13.8. The predicted molar refractivity (Wildman–Crippen MR) is 108 cm³/mol. The number of nitrogens with zero attached hydrogens (tertiary/aromatic N) is 2. The quantitative estimate of drug-likeness (QED) is 0.704. The van der Waals surface area contributed by atoms with Crippen molar-refractivity contribution in [3.8, 4) is 0 Å². The molecule has 8 heteroatoms. The van der Waals surface area contributed by atoms with E-state index in [1.54, 1.807) is 0 Å². The number of hydrogen-bond donors (Lipinski definition) is 2. The average Bonchev–Trinajstić information content (AvgIpc) is 3.07. The van der Waals surface area contributed by atoms with Crippen molar-refractivity contribution in [1.29, 1.82) is 0 Å². The lowest BCUT2D eigenvalue weighted by atomic mass is 9.94. The van der Waals surface area contributed by atoms with E-state index < -0.39 is 11.7 Å². The van der Waals surface area contributed by atoms with Gasteiger partial charge in [-0.15, -0.1) is 0 Å². The van der Waals surface area contributed by atoms with Crippen LogP contribution >= 0.6 is 0 Å². The van der Waals surface area contributed by atoms with Crippen molar-refractivity contribution < 1.29 is 18.8 Å². The predicted octanol–water partition coefficient (Wildman–Crippen LogP) is 2.41. The molecule has 0 saturated carbocycles. The summed E-state index contributed by atoms with van der Waals surface area (Å²) in [4.78, 5) is 26.5. The highest BCUT2D eigenvalue weighted by Crippen LogP contribution is 2.26. The molecule has 0 spiro atoms. The standard InChI is InChI=1S/C21H34N4O4/c1-21(2,3)28-20(27)23-11-10-22-19(26)15-7-6-12-25(13-15)14-17-16-8-4-5-9-18(16)29-24-17/h15H,4-14H2,1-3H3,(H,22,26)(H,23,27). The maximum Gasteiger partial charge on any atom is 0.407 e. The third kappa shape index (κ3) is 6.45. The minimum Gasteiger partial charge on any atom is -0.444 e. The van der Waals surface area contributed by atoms with Crippen molar-refractivity contribution in [2.24, 2.45) is 5.92 Å². The molecule has 8 nitrogen and oxygen atoms in total. The summed E-state index contributed by atoms with van der Waals surface area (Å²) in [6, 6.07) is 0. The third-order valence-electron chi connectivity index (χ3n) is 5.37. The summed E-state index contributed by atoms with van der Waals surface area (Å²) in [7, 11) is 0. The molecule has 1 aliphatic heterocycles. The average molecular weight is 407 g/mol. The number of piperidine rings is 1. The molecule has 2 aliphatic rings. The maximum atomic E-state index is 12.5. The highest BCUT2D eigenvalue weighted by atomic mass is 16.6. The Hall–Kier alpha value is -2.09. The number of carbonyl (C=O) groups excluding carboxylic acids is 2. The van der Waals surface area contributed by atoms with E-state index in [4.69, 9.17) is 9.26 Å². The van der Waals surface area contributed by atoms with E-state index >= 15 is 0 Å². The Kier molecular flexibility index (Phi) is 7.16. The van der Waals surface area contributed by atoms with Crippen LogP contribution in [0.15, 0.2) is 4.52 Å². The van der Waals surface area contributed by atoms with Gasteiger partial charge in [-0.3, -0.25) is 9.69 Å². The molecule has 1 aliphatic carbocycles. The Bertz CT molecular complexity index is 710. The van der Waals surface area contributed by atoms with Gasteiger partial charge in [0.15, 0.2) is 0 Å². The Morgan fingerprint density at radius 1 is 1.17 bits per heavy atom. The van der Waals surface area contributed by atoms with Gasteiger partial charge in [0.2, 0.25) is 5.91 Å². The topological polar surface area (TPSA) is 96.7 Å². The minimum atomic E-state index is -0.526. The molecule has 1 aromatic heterocycles. The number of ether oxygens (including phenoxy) is 1. The maximum absolute atomic E-state index is 12.5. The molecule has 1 atom stereocenters. The number of alkyl carbamates (subject to hydrolysis) is 1. The van der Waals surface area contributed by atoms with E-state index in [-0.39, 0.29) is 11.8 Å². The van der Waals surface area contributed by atoms with Crippen molar-refractivity contribution in [1.82, 2.24) is 20.7 Å². The van der Waals surface area contributed by atoms with Gasteiger partial charge in [0.25, 0.3) is 0 Å². The number of amides is 2. The van der Waals surface area contributed by atoms with E-state index in [1.807, 2.05) is 20.8 Å². The van der Waals surface area contributed by atoms with Crippen molar-refractivity contribution in [3.05, 3.63) is 17.0 Å². The molecule has 1 saturated heterocycles. The van der Waals surface area contributed by atoms with Gasteiger partial charge in [-0.05, 0) is 59.4 Å². The molecule has 29 heavy (non-hydrogen) atoms. The molecule has 3 rings (SSSR count). The van der Waals surface area contributed by atoms with Gasteiger partial charge in [-0.25, -0.2) is 4.79 Å². The fourth-order valence-electron chi connectivity index (χ4n) is 4.01. The number of aryl methyl sites for hydroxylation is 1. The zero-order valence-electron chi connectivity index (χ0n) is 17.9. The Balaban J connectivity index is 1.40. The molecule has 0 aromatic carbocycles. The van der Waals surface area contributed by atoms with Gasteiger partial charge >= 0.3 is 6.09 Å². The normalized spacial score (nSPS) is 20.0.